The number of anilines is 1. The summed E-state index contributed by atoms with van der Waals surface area (Å²) in [4.78, 5) is 11.8. The largest absolute Gasteiger partial charge is 0.459 e. The van der Waals surface area contributed by atoms with Crippen LogP contribution in [0.3, 0.4) is 0 Å². The topological polar surface area (TPSA) is 68.0 Å². The molecule has 0 radical (unpaired) electrons. The summed E-state index contributed by atoms with van der Waals surface area (Å²) in [6.07, 6.45) is 1.45. The normalized spacial score (nSPS) is 10.4. The first-order valence-corrected chi connectivity index (χ1v) is 7.27. The van der Waals surface area contributed by atoms with Crippen molar-refractivity contribution in [3.8, 4) is 10.6 Å². The molecule has 0 aliphatic carbocycles. The van der Waals surface area contributed by atoms with Crippen LogP contribution in [-0.4, -0.2) is 16.1 Å². The lowest BCUT2D eigenvalue weighted by molar-refractivity contribution is 0.0996. The Bertz CT molecular complexity index is 722. The van der Waals surface area contributed by atoms with Crippen LogP contribution in [0.5, 0.6) is 0 Å². The molecular formula is C13H8BrN3O2S. The van der Waals surface area contributed by atoms with Gasteiger partial charge in [-0.2, -0.15) is 0 Å². The summed E-state index contributed by atoms with van der Waals surface area (Å²) in [5.41, 5.74) is 0.948. The number of amides is 1. The molecule has 100 valence electrons. The molecule has 0 aliphatic rings. The fourth-order valence-corrected chi connectivity index (χ4v) is 2.56. The first kappa shape index (κ1) is 13.0. The van der Waals surface area contributed by atoms with Gasteiger partial charge in [-0.15, -0.1) is 10.2 Å². The van der Waals surface area contributed by atoms with Crippen LogP contribution in [0.15, 0.2) is 51.6 Å². The predicted molar refractivity (Wildman–Crippen MR) is 79.7 cm³/mol. The van der Waals surface area contributed by atoms with Crippen LogP contribution in [0.4, 0.5) is 5.13 Å². The second-order valence-electron chi connectivity index (χ2n) is 3.85. The summed E-state index contributed by atoms with van der Waals surface area (Å²) in [6.45, 7) is 0. The number of nitrogens with zero attached hydrogens (tertiary/aromatic N) is 2. The van der Waals surface area contributed by atoms with Gasteiger partial charge < -0.3 is 4.42 Å². The number of nitrogens with one attached hydrogen (secondary N) is 1. The fourth-order valence-electron chi connectivity index (χ4n) is 1.55. The molecule has 3 aromatic rings. The summed E-state index contributed by atoms with van der Waals surface area (Å²) in [6, 6.07) is 11.0. The molecule has 3 rings (SSSR count). The lowest BCUT2D eigenvalue weighted by Gasteiger charge is -1.96. The van der Waals surface area contributed by atoms with E-state index >= 15 is 0 Å². The minimum atomic E-state index is -0.339. The fraction of sp³-hybridized carbons (Fsp3) is 0. The van der Waals surface area contributed by atoms with Crippen molar-refractivity contribution < 1.29 is 9.21 Å². The van der Waals surface area contributed by atoms with Crippen molar-refractivity contribution in [1.29, 1.82) is 0 Å². The number of halogens is 1. The van der Waals surface area contributed by atoms with Crippen LogP contribution in [0.1, 0.15) is 10.6 Å². The highest BCUT2D eigenvalue weighted by Crippen LogP contribution is 2.27. The van der Waals surface area contributed by atoms with Gasteiger partial charge in [0.15, 0.2) is 5.76 Å². The molecule has 2 heterocycles. The van der Waals surface area contributed by atoms with Gasteiger partial charge in [0.25, 0.3) is 5.91 Å². The van der Waals surface area contributed by atoms with Crippen molar-refractivity contribution in [2.24, 2.45) is 0 Å². The molecule has 0 unspecified atom stereocenters. The van der Waals surface area contributed by atoms with Crippen LogP contribution < -0.4 is 5.32 Å². The number of furan rings is 1. The summed E-state index contributed by atoms with van der Waals surface area (Å²) < 4.78 is 6.01. The first-order valence-electron chi connectivity index (χ1n) is 5.67. The van der Waals surface area contributed by atoms with E-state index in [1.54, 1.807) is 12.1 Å². The van der Waals surface area contributed by atoms with E-state index < -0.39 is 0 Å². The standard InChI is InChI=1S/C13H8BrN3O2S/c14-9-5-3-8(4-6-9)12-16-17-13(20-12)15-11(18)10-2-1-7-19-10/h1-7H,(H,15,17,18). The van der Waals surface area contributed by atoms with Gasteiger partial charge in [-0.05, 0) is 24.3 Å². The molecule has 1 aromatic carbocycles. The Labute approximate surface area is 126 Å². The van der Waals surface area contributed by atoms with E-state index in [4.69, 9.17) is 4.42 Å². The van der Waals surface area contributed by atoms with Crippen molar-refractivity contribution in [3.05, 3.63) is 52.9 Å². The van der Waals surface area contributed by atoms with E-state index in [1.165, 1.54) is 17.6 Å². The molecule has 0 atom stereocenters. The van der Waals surface area contributed by atoms with Gasteiger partial charge in [-0.1, -0.05) is 39.4 Å². The Kier molecular flexibility index (Phi) is 3.62. The second-order valence-corrected chi connectivity index (χ2v) is 5.74. The minimum absolute atomic E-state index is 0.241. The number of carbonyl (C=O) groups excluding carboxylic acids is 1. The molecule has 0 bridgehead atoms. The highest BCUT2D eigenvalue weighted by molar-refractivity contribution is 9.10. The highest BCUT2D eigenvalue weighted by atomic mass is 79.9. The van der Waals surface area contributed by atoms with Gasteiger partial charge in [0.2, 0.25) is 5.13 Å². The zero-order chi connectivity index (χ0) is 13.9. The Balaban J connectivity index is 1.77. The second kappa shape index (κ2) is 5.56. The van der Waals surface area contributed by atoms with E-state index in [9.17, 15) is 4.79 Å². The molecular weight excluding hydrogens is 342 g/mol. The summed E-state index contributed by atoms with van der Waals surface area (Å²) in [5, 5.41) is 11.8. The first-order chi connectivity index (χ1) is 9.72. The van der Waals surface area contributed by atoms with E-state index in [1.807, 2.05) is 24.3 Å². The Hall–Kier alpha value is -1.99. The SMILES string of the molecule is O=C(Nc1nnc(-c2ccc(Br)cc2)s1)c1ccco1. The molecule has 1 N–H and O–H groups in total. The minimum Gasteiger partial charge on any atom is -0.459 e. The monoisotopic (exact) mass is 349 g/mol. The third-order valence-electron chi connectivity index (χ3n) is 2.48. The van der Waals surface area contributed by atoms with E-state index in [2.05, 4.69) is 31.4 Å². The average Bonchev–Trinajstić information content (AvgIpc) is 3.10. The van der Waals surface area contributed by atoms with Crippen molar-refractivity contribution in [2.75, 3.05) is 5.32 Å². The van der Waals surface area contributed by atoms with Crippen LogP contribution in [-0.2, 0) is 0 Å². The summed E-state index contributed by atoms with van der Waals surface area (Å²) in [7, 11) is 0. The van der Waals surface area contributed by atoms with Gasteiger partial charge >= 0.3 is 0 Å². The Morgan fingerprint density at radius 1 is 1.20 bits per heavy atom. The van der Waals surface area contributed by atoms with Crippen molar-refractivity contribution >= 4 is 38.3 Å². The van der Waals surface area contributed by atoms with E-state index in [-0.39, 0.29) is 11.7 Å². The average molecular weight is 350 g/mol. The van der Waals surface area contributed by atoms with Gasteiger partial charge in [-0.3, -0.25) is 10.1 Å². The summed E-state index contributed by atoms with van der Waals surface area (Å²) in [5.74, 6) is -0.0982. The number of rotatable bonds is 3. The van der Waals surface area contributed by atoms with Gasteiger partial charge in [0.1, 0.15) is 5.01 Å². The van der Waals surface area contributed by atoms with Gasteiger partial charge in [-0.25, -0.2) is 0 Å². The molecule has 0 spiro atoms. The third-order valence-corrected chi connectivity index (χ3v) is 3.90. The molecule has 7 heteroatoms. The lowest BCUT2D eigenvalue weighted by Crippen LogP contribution is -2.10. The number of aromatic nitrogens is 2. The third kappa shape index (κ3) is 2.78. The molecule has 0 fully saturated rings. The molecule has 2 aromatic heterocycles. The number of hydrogen-bond acceptors (Lipinski definition) is 5. The zero-order valence-corrected chi connectivity index (χ0v) is 12.4. The maximum Gasteiger partial charge on any atom is 0.293 e. The maximum atomic E-state index is 11.8. The smallest absolute Gasteiger partial charge is 0.293 e. The number of benzene rings is 1. The lowest BCUT2D eigenvalue weighted by atomic mass is 10.2. The maximum absolute atomic E-state index is 11.8. The number of carbonyl (C=O) groups is 1. The quantitative estimate of drug-likeness (QED) is 0.780. The molecule has 1 amide bonds. The highest BCUT2D eigenvalue weighted by Gasteiger charge is 2.12. The molecule has 0 saturated heterocycles. The molecule has 20 heavy (non-hydrogen) atoms. The van der Waals surface area contributed by atoms with Gasteiger partial charge in [0, 0.05) is 10.0 Å². The van der Waals surface area contributed by atoms with Crippen molar-refractivity contribution in [3.63, 3.8) is 0 Å². The van der Waals surface area contributed by atoms with Crippen LogP contribution in [0.2, 0.25) is 0 Å². The van der Waals surface area contributed by atoms with Crippen LogP contribution in [0, 0.1) is 0 Å². The molecule has 5 nitrogen and oxygen atoms in total. The predicted octanol–water partition coefficient (Wildman–Crippen LogP) is 3.81. The van der Waals surface area contributed by atoms with Crippen LogP contribution >= 0.6 is 27.3 Å². The van der Waals surface area contributed by atoms with E-state index in [0.29, 0.717) is 5.13 Å². The summed E-state index contributed by atoms with van der Waals surface area (Å²) >= 11 is 4.68. The Morgan fingerprint density at radius 2 is 2.00 bits per heavy atom. The van der Waals surface area contributed by atoms with E-state index in [0.717, 1.165) is 15.0 Å². The number of hydrogen-bond donors (Lipinski definition) is 1. The molecule has 0 saturated carbocycles. The zero-order valence-electron chi connectivity index (χ0n) is 10.0. The van der Waals surface area contributed by atoms with Crippen molar-refractivity contribution in [2.45, 2.75) is 0 Å². The molecule has 0 aliphatic heterocycles. The van der Waals surface area contributed by atoms with Crippen molar-refractivity contribution in [1.82, 2.24) is 10.2 Å². The van der Waals surface area contributed by atoms with Crippen LogP contribution in [0.25, 0.3) is 10.6 Å². The Morgan fingerprint density at radius 3 is 2.70 bits per heavy atom. The van der Waals surface area contributed by atoms with Gasteiger partial charge in [0.05, 0.1) is 6.26 Å².